The largest absolute Gasteiger partial charge is 1.00 e. The fourth-order valence-electron chi connectivity index (χ4n) is 0.723. The molecular formula is C9H19KN-. The second kappa shape index (κ2) is 13.9. The Morgan fingerprint density at radius 2 is 2.00 bits per heavy atom. The van der Waals surface area contributed by atoms with Crippen molar-refractivity contribution in [2.45, 2.75) is 39.2 Å². The van der Waals surface area contributed by atoms with Gasteiger partial charge >= 0.3 is 51.4 Å². The molecule has 1 unspecified atom stereocenters. The molecular weight excluding hydrogens is 161 g/mol. The number of nitrogens with two attached hydrogens (primary N) is 1. The molecule has 0 radical (unpaired) electrons. The van der Waals surface area contributed by atoms with Gasteiger partial charge in [0.1, 0.15) is 0 Å². The predicted molar refractivity (Wildman–Crippen MR) is 47.4 cm³/mol. The van der Waals surface area contributed by atoms with Crippen LogP contribution in [0.4, 0.5) is 0 Å². The van der Waals surface area contributed by atoms with Crippen molar-refractivity contribution >= 4 is 0 Å². The zero-order valence-corrected chi connectivity index (χ0v) is 11.5. The molecule has 0 heterocycles. The van der Waals surface area contributed by atoms with Crippen LogP contribution in [0.25, 0.3) is 0 Å². The van der Waals surface area contributed by atoms with E-state index in [1.165, 1.54) is 0 Å². The molecule has 0 aromatic carbocycles. The minimum Gasteiger partial charge on any atom is -0.500 e. The Morgan fingerprint density at radius 3 is 2.18 bits per heavy atom. The van der Waals surface area contributed by atoms with Crippen molar-refractivity contribution in [3.05, 3.63) is 19.6 Å². The van der Waals surface area contributed by atoms with E-state index in [4.69, 9.17) is 5.73 Å². The van der Waals surface area contributed by atoms with Gasteiger partial charge in [0, 0.05) is 6.04 Å². The van der Waals surface area contributed by atoms with Crippen molar-refractivity contribution in [2.75, 3.05) is 0 Å². The van der Waals surface area contributed by atoms with Gasteiger partial charge in [-0.3, -0.25) is 6.08 Å². The van der Waals surface area contributed by atoms with Crippen LogP contribution in [-0.4, -0.2) is 6.04 Å². The van der Waals surface area contributed by atoms with Gasteiger partial charge in [-0.2, -0.15) is 6.42 Å². The first kappa shape index (κ1) is 18.2. The fourth-order valence-corrected chi connectivity index (χ4v) is 0.723. The van der Waals surface area contributed by atoms with E-state index in [1.54, 1.807) is 0 Å². The van der Waals surface area contributed by atoms with Gasteiger partial charge in [-0.25, -0.2) is 0 Å². The normalized spacial score (nSPS) is 20.1. The van der Waals surface area contributed by atoms with E-state index in [9.17, 15) is 0 Å². The van der Waals surface area contributed by atoms with Gasteiger partial charge in [0.2, 0.25) is 0 Å². The summed E-state index contributed by atoms with van der Waals surface area (Å²) in [5.41, 5.74) is 5.56. The molecule has 0 saturated carbocycles. The van der Waals surface area contributed by atoms with Crippen molar-refractivity contribution in [3.63, 3.8) is 0 Å². The van der Waals surface area contributed by atoms with Crippen molar-refractivity contribution < 1.29 is 51.4 Å². The summed E-state index contributed by atoms with van der Waals surface area (Å²) < 4.78 is 0. The molecule has 0 aromatic rings. The van der Waals surface area contributed by atoms with Crippen LogP contribution in [0, 0.1) is 13.5 Å². The molecule has 1 aliphatic rings. The maximum absolute atomic E-state index is 5.56. The maximum atomic E-state index is 5.56. The van der Waals surface area contributed by atoms with E-state index in [-0.39, 0.29) is 58.8 Å². The van der Waals surface area contributed by atoms with E-state index in [1.807, 2.05) is 19.9 Å². The van der Waals surface area contributed by atoms with E-state index in [0.717, 1.165) is 19.3 Å². The van der Waals surface area contributed by atoms with Gasteiger partial charge in [-0.05, 0) is 0 Å². The van der Waals surface area contributed by atoms with Crippen LogP contribution in [0.3, 0.4) is 0 Å². The topological polar surface area (TPSA) is 26.0 Å². The van der Waals surface area contributed by atoms with Crippen LogP contribution in [-0.2, 0) is 0 Å². The number of rotatable bonds is 0. The number of hydrogen-bond acceptors (Lipinski definition) is 1. The molecule has 0 amide bonds. The van der Waals surface area contributed by atoms with Gasteiger partial charge in [0.15, 0.2) is 0 Å². The van der Waals surface area contributed by atoms with Crippen molar-refractivity contribution in [1.29, 1.82) is 0 Å². The molecule has 0 fully saturated rings. The molecule has 1 atom stereocenters. The Bertz CT molecular complexity index is 81.6. The molecule has 0 aromatic heterocycles. The van der Waals surface area contributed by atoms with Crippen LogP contribution in [0.2, 0.25) is 0 Å². The van der Waals surface area contributed by atoms with Gasteiger partial charge in [-0.15, -0.1) is 0 Å². The molecule has 1 rings (SSSR count). The Kier molecular flexibility index (Phi) is 23.0. The average molecular weight is 180 g/mol. The van der Waals surface area contributed by atoms with Gasteiger partial charge in [0.25, 0.3) is 0 Å². The van der Waals surface area contributed by atoms with Gasteiger partial charge in [-0.1, -0.05) is 26.7 Å². The summed E-state index contributed by atoms with van der Waals surface area (Å²) in [5.74, 6) is 0. The summed E-state index contributed by atoms with van der Waals surface area (Å²) in [4.78, 5) is 0. The van der Waals surface area contributed by atoms with Crippen LogP contribution < -0.4 is 57.1 Å². The zero-order valence-electron chi connectivity index (χ0n) is 8.35. The average Bonchev–Trinajstić information content (AvgIpc) is 1.94. The van der Waals surface area contributed by atoms with Crippen molar-refractivity contribution in [3.8, 4) is 0 Å². The molecule has 0 saturated heterocycles. The third-order valence-corrected chi connectivity index (χ3v) is 1.22. The molecule has 2 heteroatoms. The van der Waals surface area contributed by atoms with E-state index >= 15 is 0 Å². The van der Waals surface area contributed by atoms with Gasteiger partial charge in [0.05, 0.1) is 0 Å². The first-order valence-corrected chi connectivity index (χ1v) is 3.70. The molecule has 0 aliphatic heterocycles. The Hall–Kier alpha value is 1.34. The molecule has 0 bridgehead atoms. The van der Waals surface area contributed by atoms with Crippen LogP contribution in [0.15, 0.2) is 6.08 Å². The summed E-state index contributed by atoms with van der Waals surface area (Å²) in [5, 5.41) is 0. The summed E-state index contributed by atoms with van der Waals surface area (Å²) in [7, 11) is 0. The second-order valence-electron chi connectivity index (χ2n) is 1.94. The van der Waals surface area contributed by atoms with Gasteiger partial charge < -0.3 is 19.2 Å². The molecule has 2 N–H and O–H groups in total. The summed E-state index contributed by atoms with van der Waals surface area (Å²) in [6.07, 6.45) is 8.35. The number of allylic oxidation sites excluding steroid dienone is 1. The predicted octanol–water partition coefficient (Wildman–Crippen LogP) is -0.663. The molecule has 11 heavy (non-hydrogen) atoms. The van der Waals surface area contributed by atoms with Crippen molar-refractivity contribution in [2.24, 2.45) is 5.73 Å². The zero-order chi connectivity index (χ0) is 7.11. The van der Waals surface area contributed by atoms with E-state index in [2.05, 4.69) is 6.08 Å². The molecule has 1 aliphatic carbocycles. The smallest absolute Gasteiger partial charge is 0.500 e. The third-order valence-electron chi connectivity index (χ3n) is 1.22. The summed E-state index contributed by atoms with van der Waals surface area (Å²) in [6.45, 7) is 4.00. The molecule has 62 valence electrons. The second-order valence-corrected chi connectivity index (χ2v) is 1.94. The minimum atomic E-state index is 0. The van der Waals surface area contributed by atoms with Crippen LogP contribution in [0.5, 0.6) is 0 Å². The summed E-state index contributed by atoms with van der Waals surface area (Å²) >= 11 is 0. The van der Waals surface area contributed by atoms with E-state index < -0.39 is 0 Å². The first-order chi connectivity index (χ1) is 4.39. The van der Waals surface area contributed by atoms with Crippen LogP contribution in [0.1, 0.15) is 33.1 Å². The molecule has 1 nitrogen and oxygen atoms in total. The van der Waals surface area contributed by atoms with Crippen molar-refractivity contribution in [1.82, 2.24) is 0 Å². The van der Waals surface area contributed by atoms with Crippen LogP contribution >= 0.6 is 0 Å². The van der Waals surface area contributed by atoms with E-state index in [0.29, 0.717) is 6.04 Å². The Balaban J connectivity index is -0.000000149. The monoisotopic (exact) mass is 180 g/mol. The summed E-state index contributed by atoms with van der Waals surface area (Å²) in [6, 6.07) is 0.418. The maximum Gasteiger partial charge on any atom is 1.00 e. The fraction of sp³-hybridized carbons (Fsp3) is 0.667. The Labute approximate surface area is 114 Å². The quantitative estimate of drug-likeness (QED) is 0.389. The Morgan fingerprint density at radius 1 is 1.45 bits per heavy atom. The minimum absolute atomic E-state index is 0. The number of hydrogen-bond donors (Lipinski definition) is 1. The standard InChI is InChI=1S/C6H10N.C2H6.CH3.K/c7-6-4-2-1-3-5-6;1-2;;/h2,6H,3-5,7H2;1-2H3;1H3;/q-1;;-1;+1. The molecule has 0 spiro atoms. The SMILES string of the molecule is CC.NC1CC=[C-]CC1.[CH3-].[K+]. The first-order valence-electron chi connectivity index (χ1n) is 3.70. The third kappa shape index (κ3) is 11.3.